The molecule has 0 saturated carbocycles. The van der Waals surface area contributed by atoms with Gasteiger partial charge in [-0.3, -0.25) is 9.59 Å². The lowest BCUT2D eigenvalue weighted by Crippen LogP contribution is -2.56. The summed E-state index contributed by atoms with van der Waals surface area (Å²) in [5.41, 5.74) is 0.837. The van der Waals surface area contributed by atoms with Gasteiger partial charge in [0.15, 0.2) is 0 Å². The predicted molar refractivity (Wildman–Crippen MR) is 90.9 cm³/mol. The van der Waals surface area contributed by atoms with Gasteiger partial charge in [-0.25, -0.2) is 0 Å². The number of hydrogen-bond donors (Lipinski definition) is 1. The molecule has 2 aliphatic heterocycles. The van der Waals surface area contributed by atoms with Gasteiger partial charge in [0, 0.05) is 44.3 Å². The van der Waals surface area contributed by atoms with E-state index in [2.05, 4.69) is 5.32 Å². The molecule has 2 aliphatic rings. The van der Waals surface area contributed by atoms with Crippen LogP contribution in [0.25, 0.3) is 0 Å². The Morgan fingerprint density at radius 2 is 1.88 bits per heavy atom. The van der Waals surface area contributed by atoms with Crippen LogP contribution in [-0.4, -0.2) is 73.6 Å². The number of carbonyl (C=O) groups is 2. The maximum absolute atomic E-state index is 12.4. The lowest BCUT2D eigenvalue weighted by Gasteiger charge is -2.37. The van der Waals surface area contributed by atoms with Crippen molar-refractivity contribution in [2.75, 3.05) is 45.9 Å². The molecule has 0 aliphatic carbocycles. The van der Waals surface area contributed by atoms with Crippen molar-refractivity contribution in [1.29, 1.82) is 0 Å². The molecule has 0 bridgehead atoms. The molecule has 3 rings (SSSR count). The highest BCUT2D eigenvalue weighted by Crippen LogP contribution is 2.17. The summed E-state index contributed by atoms with van der Waals surface area (Å²) >= 11 is 6.11. The number of rotatable bonds is 3. The second-order valence-electron chi connectivity index (χ2n) is 6.04. The highest BCUT2D eigenvalue weighted by molar-refractivity contribution is 6.31. The zero-order valence-electron chi connectivity index (χ0n) is 13.5. The molecule has 0 radical (unpaired) electrons. The number of halogens is 1. The van der Waals surface area contributed by atoms with Gasteiger partial charge in [0.2, 0.25) is 5.91 Å². The van der Waals surface area contributed by atoms with Gasteiger partial charge in [0.25, 0.3) is 5.91 Å². The third kappa shape index (κ3) is 4.06. The SMILES string of the molecule is O=C(Cc1ccccc1Cl)N1CCN(C(=O)C2CNCCO2)CC1. The fourth-order valence-electron chi connectivity index (χ4n) is 3.02. The van der Waals surface area contributed by atoms with Crippen LogP contribution in [0.2, 0.25) is 5.02 Å². The summed E-state index contributed by atoms with van der Waals surface area (Å²) in [6.07, 6.45) is -0.104. The van der Waals surface area contributed by atoms with Gasteiger partial charge >= 0.3 is 0 Å². The van der Waals surface area contributed by atoms with Crippen LogP contribution in [0.1, 0.15) is 5.56 Å². The molecule has 1 aromatic rings. The van der Waals surface area contributed by atoms with Crippen LogP contribution >= 0.6 is 11.6 Å². The highest BCUT2D eigenvalue weighted by atomic mass is 35.5. The number of amides is 2. The molecule has 0 spiro atoms. The van der Waals surface area contributed by atoms with Crippen LogP contribution in [-0.2, 0) is 20.7 Å². The van der Waals surface area contributed by atoms with Gasteiger partial charge < -0.3 is 19.9 Å². The van der Waals surface area contributed by atoms with E-state index in [1.54, 1.807) is 15.9 Å². The number of carbonyl (C=O) groups excluding carboxylic acids is 2. The van der Waals surface area contributed by atoms with Gasteiger partial charge in [-0.1, -0.05) is 29.8 Å². The summed E-state index contributed by atoms with van der Waals surface area (Å²) in [4.78, 5) is 28.4. The molecular weight excluding hydrogens is 330 g/mol. The number of hydrogen-bond acceptors (Lipinski definition) is 4. The van der Waals surface area contributed by atoms with Crippen LogP contribution in [0.15, 0.2) is 24.3 Å². The summed E-state index contributed by atoms with van der Waals surface area (Å²) in [5.74, 6) is 0.0613. The molecule has 2 saturated heterocycles. The van der Waals surface area contributed by atoms with Gasteiger partial charge in [-0.05, 0) is 11.6 Å². The van der Waals surface area contributed by atoms with E-state index < -0.39 is 6.10 Å². The van der Waals surface area contributed by atoms with Crippen LogP contribution in [0, 0.1) is 0 Å². The molecule has 2 fully saturated rings. The Labute approximate surface area is 146 Å². The Bertz CT molecular complexity index is 596. The smallest absolute Gasteiger partial charge is 0.253 e. The first-order valence-corrected chi connectivity index (χ1v) is 8.65. The van der Waals surface area contributed by atoms with E-state index in [0.29, 0.717) is 50.8 Å². The van der Waals surface area contributed by atoms with Gasteiger partial charge in [0.1, 0.15) is 6.10 Å². The zero-order valence-corrected chi connectivity index (χ0v) is 14.3. The average Bonchev–Trinajstić information content (AvgIpc) is 2.64. The third-order valence-electron chi connectivity index (χ3n) is 4.45. The number of nitrogens with zero attached hydrogens (tertiary/aromatic N) is 2. The monoisotopic (exact) mass is 351 g/mol. The zero-order chi connectivity index (χ0) is 16.9. The lowest BCUT2D eigenvalue weighted by atomic mass is 10.1. The normalized spacial score (nSPS) is 21.6. The number of nitrogens with one attached hydrogen (secondary N) is 1. The second kappa shape index (κ2) is 7.96. The molecule has 2 heterocycles. The summed E-state index contributed by atoms with van der Waals surface area (Å²) in [6.45, 7) is 4.11. The molecule has 1 atom stereocenters. The van der Waals surface area contributed by atoms with Gasteiger partial charge in [-0.15, -0.1) is 0 Å². The molecule has 0 aromatic heterocycles. The van der Waals surface area contributed by atoms with E-state index in [1.807, 2.05) is 18.2 Å². The Hall–Kier alpha value is -1.63. The Morgan fingerprint density at radius 3 is 2.54 bits per heavy atom. The standard InChI is InChI=1S/C17H22ClN3O3/c18-14-4-2-1-3-13(14)11-16(22)20-6-8-21(9-7-20)17(23)15-12-19-5-10-24-15/h1-4,15,19H,5-12H2. The minimum Gasteiger partial charge on any atom is -0.366 e. The van der Waals surface area contributed by atoms with Gasteiger partial charge in [-0.2, -0.15) is 0 Å². The van der Waals surface area contributed by atoms with Crippen molar-refractivity contribution in [3.05, 3.63) is 34.9 Å². The van der Waals surface area contributed by atoms with Crippen molar-refractivity contribution in [3.63, 3.8) is 0 Å². The molecular formula is C17H22ClN3O3. The maximum atomic E-state index is 12.4. The molecule has 24 heavy (non-hydrogen) atoms. The number of benzene rings is 1. The molecule has 6 nitrogen and oxygen atoms in total. The topological polar surface area (TPSA) is 61.9 Å². The summed E-state index contributed by atoms with van der Waals surface area (Å²) < 4.78 is 5.51. The van der Waals surface area contributed by atoms with Crippen molar-refractivity contribution < 1.29 is 14.3 Å². The molecule has 7 heteroatoms. The number of piperazine rings is 1. The van der Waals surface area contributed by atoms with Crippen LogP contribution in [0.5, 0.6) is 0 Å². The first-order valence-electron chi connectivity index (χ1n) is 8.27. The molecule has 1 aromatic carbocycles. The van der Waals surface area contributed by atoms with Crippen molar-refractivity contribution in [3.8, 4) is 0 Å². The Balaban J connectivity index is 1.50. The first-order chi connectivity index (χ1) is 11.6. The first kappa shape index (κ1) is 17.2. The van der Waals surface area contributed by atoms with Crippen molar-refractivity contribution in [2.24, 2.45) is 0 Å². The summed E-state index contributed by atoms with van der Waals surface area (Å²) in [7, 11) is 0. The van der Waals surface area contributed by atoms with E-state index in [-0.39, 0.29) is 11.8 Å². The molecule has 130 valence electrons. The lowest BCUT2D eigenvalue weighted by molar-refractivity contribution is -0.149. The number of ether oxygens (including phenoxy) is 1. The second-order valence-corrected chi connectivity index (χ2v) is 6.45. The molecule has 2 amide bonds. The van der Waals surface area contributed by atoms with Crippen LogP contribution in [0.4, 0.5) is 0 Å². The number of morpholine rings is 1. The van der Waals surface area contributed by atoms with E-state index in [4.69, 9.17) is 16.3 Å². The predicted octanol–water partition coefficient (Wildman–Crippen LogP) is 0.542. The minimum atomic E-state index is -0.399. The van der Waals surface area contributed by atoms with Crippen molar-refractivity contribution >= 4 is 23.4 Å². The molecule has 1 N–H and O–H groups in total. The summed E-state index contributed by atoms with van der Waals surface area (Å²) in [6, 6.07) is 7.39. The fourth-order valence-corrected chi connectivity index (χ4v) is 3.22. The van der Waals surface area contributed by atoms with Crippen LogP contribution in [0.3, 0.4) is 0 Å². The largest absolute Gasteiger partial charge is 0.366 e. The summed E-state index contributed by atoms with van der Waals surface area (Å²) in [5, 5.41) is 3.78. The maximum Gasteiger partial charge on any atom is 0.253 e. The quantitative estimate of drug-likeness (QED) is 0.863. The highest BCUT2D eigenvalue weighted by Gasteiger charge is 2.30. The third-order valence-corrected chi connectivity index (χ3v) is 4.82. The fraction of sp³-hybridized carbons (Fsp3) is 0.529. The Kier molecular flexibility index (Phi) is 5.71. The minimum absolute atomic E-state index is 0.0143. The van der Waals surface area contributed by atoms with E-state index in [0.717, 1.165) is 12.1 Å². The van der Waals surface area contributed by atoms with Crippen LogP contribution < -0.4 is 5.32 Å². The average molecular weight is 352 g/mol. The Morgan fingerprint density at radius 1 is 1.17 bits per heavy atom. The van der Waals surface area contributed by atoms with Gasteiger partial charge in [0.05, 0.1) is 13.0 Å². The van der Waals surface area contributed by atoms with E-state index >= 15 is 0 Å². The van der Waals surface area contributed by atoms with E-state index in [9.17, 15) is 9.59 Å². The van der Waals surface area contributed by atoms with Crippen molar-refractivity contribution in [1.82, 2.24) is 15.1 Å². The van der Waals surface area contributed by atoms with E-state index in [1.165, 1.54) is 0 Å². The van der Waals surface area contributed by atoms with Crippen molar-refractivity contribution in [2.45, 2.75) is 12.5 Å². The molecule has 1 unspecified atom stereocenters.